The molecule has 46 heteroatoms. The largest absolute Gasteiger partial charge is 0.464 e. The summed E-state index contributed by atoms with van der Waals surface area (Å²) in [6.45, 7) is -6.99. The Bertz CT molecular complexity index is 2310. The summed E-state index contributed by atoms with van der Waals surface area (Å²) in [5.74, 6) is -51.0. The lowest BCUT2D eigenvalue weighted by Gasteiger charge is -2.38. The molecular formula is C21H6F30O13S3. The van der Waals surface area contributed by atoms with Crippen molar-refractivity contribution in [3.05, 3.63) is 36.1 Å². The Morgan fingerprint density at radius 2 is 0.687 bits per heavy atom. The van der Waals surface area contributed by atoms with E-state index in [1.807, 2.05) is 4.74 Å². The fraction of sp³-hybridized carbons (Fsp3) is 0.714. The summed E-state index contributed by atoms with van der Waals surface area (Å²) in [6.07, 6.45) is -22.1. The smallest absolute Gasteiger partial charge is 0.454 e. The maximum Gasteiger partial charge on any atom is 0.464 e. The van der Waals surface area contributed by atoms with Gasteiger partial charge in [0.25, 0.3) is 0 Å². The van der Waals surface area contributed by atoms with E-state index < -0.39 is 156 Å². The average molecular weight is 1130 g/mol. The first-order chi connectivity index (χ1) is 29.0. The minimum atomic E-state index is -7.89. The molecule has 0 spiro atoms. The summed E-state index contributed by atoms with van der Waals surface area (Å²) in [7, 11) is -22.6. The Morgan fingerprint density at radius 3 is 0.955 bits per heavy atom. The zero-order valence-electron chi connectivity index (χ0n) is 29.0. The number of hydrogen-bond acceptors (Lipinski definition) is 13. The molecule has 3 aliphatic heterocycles. The molecule has 3 fully saturated rings. The molecule has 3 rings (SSSR count). The van der Waals surface area contributed by atoms with Gasteiger partial charge in [-0.15, -0.1) is 0 Å². The van der Waals surface area contributed by atoms with Crippen molar-refractivity contribution in [2.24, 2.45) is 0 Å². The highest BCUT2D eigenvalue weighted by atomic mass is 32.3. The van der Waals surface area contributed by atoms with Gasteiger partial charge in [-0.2, -0.15) is 144 Å². The van der Waals surface area contributed by atoms with E-state index >= 15 is 0 Å². The molecule has 396 valence electrons. The molecule has 0 bridgehead atoms. The quantitative estimate of drug-likeness (QED) is 0.127. The maximum atomic E-state index is 13.6. The highest BCUT2D eigenvalue weighted by Gasteiger charge is 2.90. The van der Waals surface area contributed by atoms with Crippen LogP contribution in [0.2, 0.25) is 0 Å². The highest BCUT2D eigenvalue weighted by molar-refractivity contribution is 7.88. The maximum absolute atomic E-state index is 13.6. The summed E-state index contributed by atoms with van der Waals surface area (Å²) in [6, 6.07) is 0. The van der Waals surface area contributed by atoms with E-state index in [0.717, 1.165) is 0 Å². The second-order valence-corrected chi connectivity index (χ2v) is 15.5. The van der Waals surface area contributed by atoms with Crippen molar-refractivity contribution in [3.8, 4) is 0 Å². The van der Waals surface area contributed by atoms with E-state index in [4.69, 9.17) is 0 Å². The molecule has 3 unspecified atom stereocenters. The Balaban J connectivity index is 0.000000507. The van der Waals surface area contributed by atoms with Crippen molar-refractivity contribution in [1.29, 1.82) is 0 Å². The van der Waals surface area contributed by atoms with E-state index in [9.17, 15) is 155 Å². The van der Waals surface area contributed by atoms with Crippen LogP contribution >= 0.6 is 0 Å². The molecule has 3 aliphatic rings. The van der Waals surface area contributed by atoms with E-state index in [0.29, 0.717) is 0 Å². The summed E-state index contributed by atoms with van der Waals surface area (Å²) in [5, 5.41) is -20.8. The molecule has 0 aromatic heterocycles. The normalized spacial score (nSPS) is 23.8. The standard InChI is InChI=1S/C8H2F12O4S.C7H2F10O5S.C6H2F8O4S/c9-2(10)3-23-1-4(11,24-3)5(12,13)6(14,15)7(16,17)8(18,19)25(20,21)22;8-2(9)3-20-1-4(10,21-3)5(11,12)22-6(13,14)7(15,16)23(17,18)19;7-2(8)3-17-1-4(9,18-3)5(10,11)6(12,13)19(14,15)16/h1H2;1H2;1H2. The highest BCUT2D eigenvalue weighted by Crippen LogP contribution is 2.60. The lowest BCUT2D eigenvalue weighted by atomic mass is 9.98. The SMILES string of the molecule is O=S(=O)(F)C(F)(F)C(F)(F)C(F)(F)C(F)(F)C1(F)COC(=C(F)F)O1.O=S(=O)(F)C(F)(F)C(F)(F)C1(F)COC(=C(F)F)O1.O=S(=O)(F)C(F)(F)C(F)(F)OC(F)(F)C1(F)COC(=C(F)F)O1. The topological polar surface area (TPSA) is 167 Å². The molecule has 0 aromatic rings. The molecular weight excluding hydrogens is 1130 g/mol. The predicted octanol–water partition coefficient (Wildman–Crippen LogP) is 8.71. The number of rotatable bonds is 13. The number of alkyl halides is 21. The van der Waals surface area contributed by atoms with E-state index in [1.165, 1.54) is 0 Å². The van der Waals surface area contributed by atoms with Gasteiger partial charge in [-0.25, -0.2) is 4.74 Å². The summed E-state index contributed by atoms with van der Waals surface area (Å²) >= 11 is 0. The van der Waals surface area contributed by atoms with Crippen LogP contribution in [0.15, 0.2) is 36.1 Å². The summed E-state index contributed by atoms with van der Waals surface area (Å²) < 4.78 is 462. The number of ether oxygens (including phenoxy) is 7. The average Bonchev–Trinajstić information content (AvgIpc) is 3.85. The molecule has 0 saturated carbocycles. The third kappa shape index (κ3) is 10.4. The molecule has 0 amide bonds. The Hall–Kier alpha value is -4.27. The second-order valence-electron chi connectivity index (χ2n) is 11.3. The van der Waals surface area contributed by atoms with Gasteiger partial charge in [0, 0.05) is 0 Å². The summed E-state index contributed by atoms with van der Waals surface area (Å²) in [5.41, 5.74) is 0. The monoisotopic (exact) mass is 1130 g/mol. The van der Waals surface area contributed by atoms with Crippen LogP contribution in [0.1, 0.15) is 0 Å². The lowest BCUT2D eigenvalue weighted by Crippen LogP contribution is -2.69. The molecule has 0 N–H and O–H groups in total. The first-order valence-electron chi connectivity index (χ1n) is 14.1. The van der Waals surface area contributed by atoms with Crippen LogP contribution in [0.25, 0.3) is 0 Å². The van der Waals surface area contributed by atoms with Gasteiger partial charge in [-0.05, 0) is 0 Å². The van der Waals surface area contributed by atoms with Crippen molar-refractivity contribution in [3.63, 3.8) is 0 Å². The predicted molar refractivity (Wildman–Crippen MR) is 136 cm³/mol. The zero-order chi connectivity index (χ0) is 54.0. The third-order valence-corrected chi connectivity index (χ3v) is 9.39. The Morgan fingerprint density at radius 1 is 0.418 bits per heavy atom. The van der Waals surface area contributed by atoms with Gasteiger partial charge in [0.1, 0.15) is 0 Å². The molecule has 3 atom stereocenters. The molecule has 0 aromatic carbocycles. The van der Waals surface area contributed by atoms with Crippen LogP contribution < -0.4 is 0 Å². The van der Waals surface area contributed by atoms with E-state index in [2.05, 4.69) is 28.4 Å². The van der Waals surface area contributed by atoms with Crippen molar-refractivity contribution in [1.82, 2.24) is 0 Å². The first-order valence-corrected chi connectivity index (χ1v) is 18.3. The lowest BCUT2D eigenvalue weighted by molar-refractivity contribution is -0.462. The number of halogens is 30. The van der Waals surface area contributed by atoms with Gasteiger partial charge in [-0.3, -0.25) is 0 Å². The van der Waals surface area contributed by atoms with Gasteiger partial charge in [0.2, 0.25) is 0 Å². The molecule has 67 heavy (non-hydrogen) atoms. The van der Waals surface area contributed by atoms with Crippen LogP contribution in [0.5, 0.6) is 0 Å². The van der Waals surface area contributed by atoms with Crippen LogP contribution in [0.3, 0.4) is 0 Å². The fourth-order valence-corrected chi connectivity index (χ4v) is 4.62. The minimum absolute atomic E-state index is 2.05. The van der Waals surface area contributed by atoms with Gasteiger partial charge >= 0.3 is 136 Å². The van der Waals surface area contributed by atoms with Crippen molar-refractivity contribution in [2.75, 3.05) is 19.8 Å². The number of hydrogen-bond donors (Lipinski definition) is 0. The van der Waals surface area contributed by atoms with Gasteiger partial charge < -0.3 is 28.4 Å². The van der Waals surface area contributed by atoms with Gasteiger partial charge in [0.05, 0.1) is 0 Å². The third-order valence-electron chi connectivity index (χ3n) is 6.80. The van der Waals surface area contributed by atoms with Crippen molar-refractivity contribution in [2.45, 2.75) is 69.2 Å². The fourth-order valence-electron chi connectivity index (χ4n) is 3.40. The molecule has 0 radical (unpaired) electrons. The Labute approximate surface area is 344 Å². The van der Waals surface area contributed by atoms with Crippen molar-refractivity contribution >= 4 is 30.7 Å². The molecule has 13 nitrogen and oxygen atoms in total. The minimum Gasteiger partial charge on any atom is -0.454 e. The van der Waals surface area contributed by atoms with E-state index in [-0.39, 0.29) is 0 Å². The second kappa shape index (κ2) is 17.6. The first kappa shape index (κ1) is 60.7. The van der Waals surface area contributed by atoms with Gasteiger partial charge in [0.15, 0.2) is 19.8 Å². The van der Waals surface area contributed by atoms with Gasteiger partial charge in [-0.1, -0.05) is 11.7 Å². The Kier molecular flexibility index (Phi) is 16.0. The molecule has 3 saturated heterocycles. The van der Waals surface area contributed by atoms with Crippen LogP contribution in [-0.2, 0) is 63.8 Å². The summed E-state index contributed by atoms with van der Waals surface area (Å²) in [4.78, 5) is 0. The molecule has 0 aliphatic carbocycles. The van der Waals surface area contributed by atoms with E-state index in [1.54, 1.807) is 0 Å². The molecule has 3 heterocycles. The van der Waals surface area contributed by atoms with Crippen LogP contribution in [-0.4, -0.2) is 114 Å². The zero-order valence-corrected chi connectivity index (χ0v) is 31.4. The van der Waals surface area contributed by atoms with Crippen LogP contribution in [0, 0.1) is 0 Å². The van der Waals surface area contributed by atoms with Crippen molar-refractivity contribution < 1.29 is 189 Å². The van der Waals surface area contributed by atoms with Crippen LogP contribution in [0.4, 0.5) is 130 Å².